The van der Waals surface area contributed by atoms with Gasteiger partial charge in [0, 0.05) is 25.5 Å². The van der Waals surface area contributed by atoms with E-state index < -0.39 is 0 Å². The Morgan fingerprint density at radius 2 is 2.00 bits per heavy atom. The maximum atomic E-state index is 5.85. The molecule has 1 aromatic carbocycles. The zero-order valence-electron chi connectivity index (χ0n) is 12.6. The minimum Gasteiger partial charge on any atom is -0.491 e. The second-order valence-electron chi connectivity index (χ2n) is 5.40. The molecule has 3 heteroatoms. The number of hydrogen-bond acceptors (Lipinski definition) is 2. The minimum atomic E-state index is 0.529. The Balaban J connectivity index is 1.97. The number of benzene rings is 1. The number of aryl methyl sites for hydroxylation is 1. The molecule has 108 valence electrons. The molecule has 1 heterocycles. The van der Waals surface area contributed by atoms with Gasteiger partial charge in [-0.3, -0.25) is 0 Å². The Bertz CT molecular complexity index is 531. The molecular formula is C17H24N2O. The summed E-state index contributed by atoms with van der Waals surface area (Å²) in [5.41, 5.74) is 2.34. The van der Waals surface area contributed by atoms with Crippen LogP contribution in [0.2, 0.25) is 0 Å². The summed E-state index contributed by atoms with van der Waals surface area (Å²) in [7, 11) is 0. The van der Waals surface area contributed by atoms with Gasteiger partial charge < -0.3 is 14.6 Å². The number of nitrogens with zero attached hydrogens (tertiary/aromatic N) is 1. The molecule has 0 unspecified atom stereocenters. The molecule has 3 nitrogen and oxygen atoms in total. The van der Waals surface area contributed by atoms with Gasteiger partial charge in [0.15, 0.2) is 0 Å². The Kier molecular flexibility index (Phi) is 5.10. The SMILES string of the molecule is CCn1ccc(CNc2ccccc2OCC(C)C)c1. The first-order valence-corrected chi connectivity index (χ1v) is 7.29. The van der Waals surface area contributed by atoms with Crippen LogP contribution in [-0.4, -0.2) is 11.2 Å². The highest BCUT2D eigenvalue weighted by atomic mass is 16.5. The summed E-state index contributed by atoms with van der Waals surface area (Å²) in [5.74, 6) is 1.46. The van der Waals surface area contributed by atoms with Gasteiger partial charge >= 0.3 is 0 Å². The lowest BCUT2D eigenvalue weighted by Crippen LogP contribution is -2.07. The molecule has 20 heavy (non-hydrogen) atoms. The van der Waals surface area contributed by atoms with Crippen molar-refractivity contribution in [3.05, 3.63) is 48.3 Å². The van der Waals surface area contributed by atoms with Crippen molar-refractivity contribution >= 4 is 5.69 Å². The van der Waals surface area contributed by atoms with E-state index in [-0.39, 0.29) is 0 Å². The van der Waals surface area contributed by atoms with Gasteiger partial charge in [0.25, 0.3) is 0 Å². The van der Waals surface area contributed by atoms with E-state index in [0.717, 1.165) is 31.1 Å². The summed E-state index contributed by atoms with van der Waals surface area (Å²) in [6.07, 6.45) is 4.28. The van der Waals surface area contributed by atoms with Gasteiger partial charge in [-0.25, -0.2) is 0 Å². The quantitative estimate of drug-likeness (QED) is 0.819. The first-order chi connectivity index (χ1) is 9.69. The summed E-state index contributed by atoms with van der Waals surface area (Å²) >= 11 is 0. The Hall–Kier alpha value is -1.90. The molecule has 0 bridgehead atoms. The van der Waals surface area contributed by atoms with E-state index in [4.69, 9.17) is 4.74 Å². The largest absolute Gasteiger partial charge is 0.491 e. The normalized spacial score (nSPS) is 10.8. The molecule has 0 atom stereocenters. The molecule has 0 radical (unpaired) electrons. The number of hydrogen-bond donors (Lipinski definition) is 1. The first-order valence-electron chi connectivity index (χ1n) is 7.29. The fourth-order valence-electron chi connectivity index (χ4n) is 1.98. The molecule has 1 aromatic heterocycles. The van der Waals surface area contributed by atoms with Crippen LogP contribution in [0.3, 0.4) is 0 Å². The van der Waals surface area contributed by atoms with Gasteiger partial charge in [0.2, 0.25) is 0 Å². The van der Waals surface area contributed by atoms with Gasteiger partial charge in [-0.1, -0.05) is 26.0 Å². The standard InChI is InChI=1S/C17H24N2O/c1-4-19-10-9-15(12-19)11-18-16-7-5-6-8-17(16)20-13-14(2)3/h5-10,12,14,18H,4,11,13H2,1-3H3. The number of aromatic nitrogens is 1. The maximum Gasteiger partial charge on any atom is 0.142 e. The van der Waals surface area contributed by atoms with Crippen LogP contribution in [0.1, 0.15) is 26.3 Å². The van der Waals surface area contributed by atoms with Crippen LogP contribution in [0.25, 0.3) is 0 Å². The number of ether oxygens (including phenoxy) is 1. The second kappa shape index (κ2) is 7.04. The van der Waals surface area contributed by atoms with E-state index >= 15 is 0 Å². The Morgan fingerprint density at radius 1 is 1.20 bits per heavy atom. The molecule has 0 spiro atoms. The average molecular weight is 272 g/mol. The van der Waals surface area contributed by atoms with Crippen LogP contribution >= 0.6 is 0 Å². The molecule has 0 fully saturated rings. The summed E-state index contributed by atoms with van der Waals surface area (Å²) in [5, 5.41) is 3.45. The van der Waals surface area contributed by atoms with Crippen LogP contribution in [0, 0.1) is 5.92 Å². The van der Waals surface area contributed by atoms with Crippen molar-refractivity contribution in [1.82, 2.24) is 4.57 Å². The van der Waals surface area contributed by atoms with Crippen molar-refractivity contribution in [1.29, 1.82) is 0 Å². The van der Waals surface area contributed by atoms with Crippen molar-refractivity contribution in [2.24, 2.45) is 5.92 Å². The van der Waals surface area contributed by atoms with E-state index in [2.05, 4.69) is 55.2 Å². The fourth-order valence-corrected chi connectivity index (χ4v) is 1.98. The topological polar surface area (TPSA) is 26.2 Å². The smallest absolute Gasteiger partial charge is 0.142 e. The van der Waals surface area contributed by atoms with Gasteiger partial charge in [-0.2, -0.15) is 0 Å². The van der Waals surface area contributed by atoms with Crippen LogP contribution in [0.4, 0.5) is 5.69 Å². The van der Waals surface area contributed by atoms with Crippen molar-refractivity contribution in [3.63, 3.8) is 0 Å². The monoisotopic (exact) mass is 272 g/mol. The van der Waals surface area contributed by atoms with Gasteiger partial charge in [0.05, 0.1) is 12.3 Å². The average Bonchev–Trinajstić information content (AvgIpc) is 2.91. The van der Waals surface area contributed by atoms with Crippen molar-refractivity contribution in [2.45, 2.75) is 33.9 Å². The lowest BCUT2D eigenvalue weighted by Gasteiger charge is -2.14. The fraction of sp³-hybridized carbons (Fsp3) is 0.412. The number of anilines is 1. The highest BCUT2D eigenvalue weighted by molar-refractivity contribution is 5.56. The van der Waals surface area contributed by atoms with Gasteiger partial charge in [-0.15, -0.1) is 0 Å². The van der Waals surface area contributed by atoms with Crippen molar-refractivity contribution in [2.75, 3.05) is 11.9 Å². The van der Waals surface area contributed by atoms with Gasteiger partial charge in [-0.05, 0) is 36.6 Å². The summed E-state index contributed by atoms with van der Waals surface area (Å²) in [4.78, 5) is 0. The maximum absolute atomic E-state index is 5.85. The van der Waals surface area contributed by atoms with E-state index in [1.165, 1.54) is 5.56 Å². The van der Waals surface area contributed by atoms with Gasteiger partial charge in [0.1, 0.15) is 5.75 Å². The van der Waals surface area contributed by atoms with E-state index in [0.29, 0.717) is 5.92 Å². The van der Waals surface area contributed by atoms with Crippen molar-refractivity contribution in [3.8, 4) is 5.75 Å². The van der Waals surface area contributed by atoms with Crippen LogP contribution < -0.4 is 10.1 Å². The molecule has 0 aliphatic heterocycles. The Labute approximate surface area is 121 Å². The molecule has 0 aliphatic carbocycles. The molecule has 0 saturated carbocycles. The number of rotatable bonds is 7. The molecule has 1 N–H and O–H groups in total. The zero-order valence-corrected chi connectivity index (χ0v) is 12.6. The van der Waals surface area contributed by atoms with Crippen LogP contribution in [0.15, 0.2) is 42.7 Å². The van der Waals surface area contributed by atoms with Crippen LogP contribution in [0.5, 0.6) is 5.75 Å². The predicted octanol–water partition coefficient (Wildman–Crippen LogP) is 4.15. The van der Waals surface area contributed by atoms with E-state index in [1.807, 2.05) is 18.2 Å². The second-order valence-corrected chi connectivity index (χ2v) is 5.40. The molecule has 0 saturated heterocycles. The molecule has 0 amide bonds. The van der Waals surface area contributed by atoms with Crippen LogP contribution in [-0.2, 0) is 13.1 Å². The summed E-state index contributed by atoms with van der Waals surface area (Å²) < 4.78 is 8.02. The molecule has 2 rings (SSSR count). The minimum absolute atomic E-state index is 0.529. The molecule has 2 aromatic rings. The van der Waals surface area contributed by atoms with Crippen molar-refractivity contribution < 1.29 is 4.74 Å². The number of nitrogens with one attached hydrogen (secondary N) is 1. The summed E-state index contributed by atoms with van der Waals surface area (Å²) in [6.45, 7) is 9.02. The predicted molar refractivity (Wildman–Crippen MR) is 84.2 cm³/mol. The third-order valence-electron chi connectivity index (χ3n) is 3.12. The third-order valence-corrected chi connectivity index (χ3v) is 3.12. The third kappa shape index (κ3) is 4.05. The molecular weight excluding hydrogens is 248 g/mol. The summed E-state index contributed by atoms with van der Waals surface area (Å²) in [6, 6.07) is 10.3. The lowest BCUT2D eigenvalue weighted by atomic mass is 10.2. The van der Waals surface area contributed by atoms with E-state index in [1.54, 1.807) is 0 Å². The zero-order chi connectivity index (χ0) is 14.4. The number of para-hydroxylation sites is 2. The van der Waals surface area contributed by atoms with E-state index in [9.17, 15) is 0 Å². The highest BCUT2D eigenvalue weighted by Gasteiger charge is 2.04. The Morgan fingerprint density at radius 3 is 2.70 bits per heavy atom. The first kappa shape index (κ1) is 14.5. The highest BCUT2D eigenvalue weighted by Crippen LogP contribution is 2.24. The molecule has 0 aliphatic rings. The lowest BCUT2D eigenvalue weighted by molar-refractivity contribution is 0.272.